The molecule has 9 heteroatoms. The lowest BCUT2D eigenvalue weighted by Gasteiger charge is -2.39. The van der Waals surface area contributed by atoms with Crippen LogP contribution in [0.3, 0.4) is 0 Å². The molecule has 0 unspecified atom stereocenters. The number of fused-ring (bicyclic) bond motifs is 1. The standard InChI is InChI=1S/C28H32FN7O/c1-18-15-19(2)25-20(16-18)17-24(28(37)30-25)26(27-31-32-33-36(27)23-5-3-4-6-23)35-13-11-34(12-14-35)22-9-7-21(29)8-10-22/h7-10,15-17,23,26H,3-6,11-14H2,1-2H3,(H,30,37)/t26-/m1/s1. The maximum absolute atomic E-state index is 13.6. The zero-order valence-corrected chi connectivity index (χ0v) is 21.3. The minimum atomic E-state index is -0.361. The van der Waals surface area contributed by atoms with Gasteiger partial charge in [0.15, 0.2) is 5.82 Å². The van der Waals surface area contributed by atoms with Crippen LogP contribution in [0.1, 0.15) is 60.3 Å². The molecule has 0 spiro atoms. The Balaban J connectivity index is 1.40. The van der Waals surface area contributed by atoms with Crippen molar-refractivity contribution in [1.82, 2.24) is 30.1 Å². The molecule has 3 heterocycles. The number of aromatic amines is 1. The fourth-order valence-corrected chi connectivity index (χ4v) is 6.09. The fourth-order valence-electron chi connectivity index (χ4n) is 6.09. The monoisotopic (exact) mass is 501 g/mol. The summed E-state index contributed by atoms with van der Waals surface area (Å²) in [4.78, 5) is 21.3. The molecule has 1 N–H and O–H groups in total. The Morgan fingerprint density at radius 1 is 1.00 bits per heavy atom. The van der Waals surface area contributed by atoms with E-state index >= 15 is 0 Å². The molecule has 1 saturated carbocycles. The van der Waals surface area contributed by atoms with Crippen LogP contribution in [0.4, 0.5) is 10.1 Å². The minimum Gasteiger partial charge on any atom is -0.369 e. The summed E-state index contributed by atoms with van der Waals surface area (Å²) >= 11 is 0. The summed E-state index contributed by atoms with van der Waals surface area (Å²) in [5, 5.41) is 14.0. The van der Waals surface area contributed by atoms with Crippen molar-refractivity contribution in [3.05, 3.63) is 81.2 Å². The second-order valence-electron chi connectivity index (χ2n) is 10.4. The largest absolute Gasteiger partial charge is 0.369 e. The van der Waals surface area contributed by atoms with Crippen molar-refractivity contribution in [3.8, 4) is 0 Å². The van der Waals surface area contributed by atoms with E-state index in [0.717, 1.165) is 72.6 Å². The first-order valence-corrected chi connectivity index (χ1v) is 13.1. The van der Waals surface area contributed by atoms with Crippen molar-refractivity contribution in [2.24, 2.45) is 0 Å². The van der Waals surface area contributed by atoms with Gasteiger partial charge in [-0.25, -0.2) is 9.07 Å². The average Bonchev–Trinajstić information content (AvgIpc) is 3.58. The molecule has 6 rings (SSSR count). The number of aromatic nitrogens is 5. The zero-order chi connectivity index (χ0) is 25.5. The Bertz CT molecular complexity index is 1460. The van der Waals surface area contributed by atoms with Crippen LogP contribution in [0.2, 0.25) is 0 Å². The number of tetrazole rings is 1. The second kappa shape index (κ2) is 9.70. The van der Waals surface area contributed by atoms with Crippen molar-refractivity contribution in [1.29, 1.82) is 0 Å². The molecule has 2 aliphatic rings. The van der Waals surface area contributed by atoms with Gasteiger partial charge < -0.3 is 9.88 Å². The number of rotatable bonds is 5. The van der Waals surface area contributed by atoms with E-state index in [2.05, 4.69) is 49.4 Å². The molecule has 0 amide bonds. The number of H-pyrrole nitrogens is 1. The van der Waals surface area contributed by atoms with Gasteiger partial charge in [-0.2, -0.15) is 0 Å². The van der Waals surface area contributed by atoms with E-state index < -0.39 is 0 Å². The predicted octanol–water partition coefficient (Wildman–Crippen LogP) is 4.30. The van der Waals surface area contributed by atoms with Crippen molar-refractivity contribution >= 4 is 16.6 Å². The first-order valence-electron chi connectivity index (χ1n) is 13.1. The molecule has 192 valence electrons. The summed E-state index contributed by atoms with van der Waals surface area (Å²) in [6.07, 6.45) is 4.44. The molecule has 1 aliphatic carbocycles. The van der Waals surface area contributed by atoms with Crippen molar-refractivity contribution in [2.75, 3.05) is 31.1 Å². The minimum absolute atomic E-state index is 0.105. The third-order valence-electron chi connectivity index (χ3n) is 7.92. The third-order valence-corrected chi connectivity index (χ3v) is 7.92. The summed E-state index contributed by atoms with van der Waals surface area (Å²) in [6.45, 7) is 7.07. The van der Waals surface area contributed by atoms with Gasteiger partial charge in [0.25, 0.3) is 5.56 Å². The summed E-state index contributed by atoms with van der Waals surface area (Å²) < 4.78 is 15.4. The lowest BCUT2D eigenvalue weighted by atomic mass is 10.00. The molecular formula is C28H32FN7O. The molecule has 0 radical (unpaired) electrons. The number of hydrogen-bond acceptors (Lipinski definition) is 6. The highest BCUT2D eigenvalue weighted by Crippen LogP contribution is 2.34. The van der Waals surface area contributed by atoms with E-state index in [-0.39, 0.29) is 23.5 Å². The van der Waals surface area contributed by atoms with Gasteiger partial charge in [-0.05, 0) is 84.5 Å². The first-order chi connectivity index (χ1) is 18.0. The number of anilines is 1. The highest BCUT2D eigenvalue weighted by molar-refractivity contribution is 5.83. The smallest absolute Gasteiger partial charge is 0.253 e. The summed E-state index contributed by atoms with van der Waals surface area (Å²) in [6, 6.07) is 12.8. The van der Waals surface area contributed by atoms with Crippen LogP contribution in [0.5, 0.6) is 0 Å². The Hall–Kier alpha value is -3.59. The van der Waals surface area contributed by atoms with Crippen LogP contribution < -0.4 is 10.5 Å². The van der Waals surface area contributed by atoms with E-state index in [0.29, 0.717) is 5.56 Å². The number of nitrogens with one attached hydrogen (secondary N) is 1. The third kappa shape index (κ3) is 4.52. The van der Waals surface area contributed by atoms with Gasteiger partial charge in [0.2, 0.25) is 0 Å². The molecule has 1 aliphatic heterocycles. The number of benzene rings is 2. The highest BCUT2D eigenvalue weighted by atomic mass is 19.1. The molecule has 2 fully saturated rings. The molecule has 4 aromatic rings. The maximum Gasteiger partial charge on any atom is 0.253 e. The second-order valence-corrected chi connectivity index (χ2v) is 10.4. The van der Waals surface area contributed by atoms with Gasteiger partial charge in [-0.1, -0.05) is 24.5 Å². The van der Waals surface area contributed by atoms with Crippen molar-refractivity contribution in [3.63, 3.8) is 0 Å². The molecule has 37 heavy (non-hydrogen) atoms. The van der Waals surface area contributed by atoms with Gasteiger partial charge in [-0.3, -0.25) is 9.69 Å². The number of halogens is 1. The summed E-state index contributed by atoms with van der Waals surface area (Å²) in [5.41, 5.74) is 4.65. The van der Waals surface area contributed by atoms with Gasteiger partial charge >= 0.3 is 0 Å². The van der Waals surface area contributed by atoms with E-state index in [9.17, 15) is 9.18 Å². The molecule has 1 atom stereocenters. The lowest BCUT2D eigenvalue weighted by molar-refractivity contribution is 0.197. The van der Waals surface area contributed by atoms with Crippen LogP contribution in [-0.2, 0) is 0 Å². The Labute approximate surface area is 215 Å². The van der Waals surface area contributed by atoms with Crippen LogP contribution >= 0.6 is 0 Å². The maximum atomic E-state index is 13.6. The van der Waals surface area contributed by atoms with Crippen molar-refractivity contribution in [2.45, 2.75) is 51.6 Å². The van der Waals surface area contributed by atoms with E-state index in [1.807, 2.05) is 29.8 Å². The zero-order valence-electron chi connectivity index (χ0n) is 21.3. The molecule has 1 saturated heterocycles. The SMILES string of the molecule is Cc1cc(C)c2[nH]c(=O)c([C@H](c3nnnn3C3CCCC3)N3CCN(c4ccc(F)cc4)CC3)cc2c1. The van der Waals surface area contributed by atoms with Crippen LogP contribution in [0.25, 0.3) is 10.9 Å². The Morgan fingerprint density at radius 2 is 1.73 bits per heavy atom. The van der Waals surface area contributed by atoms with E-state index in [4.69, 9.17) is 0 Å². The summed E-state index contributed by atoms with van der Waals surface area (Å²) in [7, 11) is 0. The topological polar surface area (TPSA) is 82.9 Å². The van der Waals surface area contributed by atoms with Crippen molar-refractivity contribution < 1.29 is 4.39 Å². The summed E-state index contributed by atoms with van der Waals surface area (Å²) in [5.74, 6) is 0.499. The van der Waals surface area contributed by atoms with Gasteiger partial charge in [0, 0.05) is 37.4 Å². The first kappa shape index (κ1) is 23.8. The highest BCUT2D eigenvalue weighted by Gasteiger charge is 2.34. The number of hydrogen-bond donors (Lipinski definition) is 1. The van der Waals surface area contributed by atoms with E-state index in [1.54, 1.807) is 0 Å². The number of nitrogens with zero attached hydrogens (tertiary/aromatic N) is 6. The van der Waals surface area contributed by atoms with Crippen LogP contribution in [0.15, 0.2) is 47.3 Å². The number of pyridine rings is 1. The van der Waals surface area contributed by atoms with E-state index in [1.165, 1.54) is 25.0 Å². The Kier molecular flexibility index (Phi) is 6.24. The van der Waals surface area contributed by atoms with Gasteiger partial charge in [0.1, 0.15) is 11.9 Å². The number of aryl methyl sites for hydroxylation is 2. The molecular weight excluding hydrogens is 469 g/mol. The van der Waals surface area contributed by atoms with Crippen LogP contribution in [-0.4, -0.2) is 56.3 Å². The normalized spacial score (nSPS) is 18.1. The van der Waals surface area contributed by atoms with Crippen LogP contribution in [0, 0.1) is 19.7 Å². The quantitative estimate of drug-likeness (QED) is 0.439. The fraction of sp³-hybridized carbons (Fsp3) is 0.429. The molecule has 0 bridgehead atoms. The van der Waals surface area contributed by atoms with Gasteiger partial charge in [-0.15, -0.1) is 5.10 Å². The molecule has 8 nitrogen and oxygen atoms in total. The molecule has 2 aromatic carbocycles. The lowest BCUT2D eigenvalue weighted by Crippen LogP contribution is -2.49. The Morgan fingerprint density at radius 3 is 2.46 bits per heavy atom. The predicted molar refractivity (Wildman–Crippen MR) is 141 cm³/mol. The molecule has 2 aromatic heterocycles. The van der Waals surface area contributed by atoms with Gasteiger partial charge in [0.05, 0.1) is 11.6 Å². The average molecular weight is 502 g/mol. The number of piperazine rings is 1.